The van der Waals surface area contributed by atoms with Crippen molar-refractivity contribution in [1.82, 2.24) is 26.2 Å². The van der Waals surface area contributed by atoms with Crippen LogP contribution in [0, 0.1) is 17.8 Å². The van der Waals surface area contributed by atoms with Crippen molar-refractivity contribution in [3.63, 3.8) is 0 Å². The molecule has 0 aliphatic carbocycles. The number of nitrogens with one attached hydrogen (secondary N) is 4. The number of hydrogen-bond donors (Lipinski definition) is 13. The first-order valence-corrected chi connectivity index (χ1v) is 43.4. The summed E-state index contributed by atoms with van der Waals surface area (Å²) in [6, 6.07) is -0.0906. The highest BCUT2D eigenvalue weighted by Crippen LogP contribution is 2.32. The van der Waals surface area contributed by atoms with E-state index in [9.17, 15) is 89.1 Å². The number of amides is 5. The van der Waals surface area contributed by atoms with E-state index >= 15 is 0 Å². The predicted octanol–water partition coefficient (Wildman–Crippen LogP) is 5.24. The number of carbonyl (C=O) groups is 9. The topological polar surface area (TPSA) is 489 Å². The molecule has 0 saturated carbocycles. The van der Waals surface area contributed by atoms with Gasteiger partial charge in [-0.2, -0.15) is 0 Å². The number of aliphatic hydroxyl groups is 9. The molecule has 0 aromatic carbocycles. The zero-order chi connectivity index (χ0) is 85.8. The molecular formula is C84H151N5O29. The summed E-state index contributed by atoms with van der Waals surface area (Å²) in [5.41, 5.74) is -0.985. The molecule has 4 aliphatic heterocycles. The van der Waals surface area contributed by atoms with Crippen LogP contribution in [-0.4, -0.2) is 302 Å². The van der Waals surface area contributed by atoms with Gasteiger partial charge in [-0.25, -0.2) is 4.79 Å². The van der Waals surface area contributed by atoms with Gasteiger partial charge in [0.2, 0.25) is 23.6 Å². The van der Waals surface area contributed by atoms with E-state index in [1.807, 2.05) is 0 Å². The molecule has 13 N–H and O–H groups in total. The highest BCUT2D eigenvalue weighted by molar-refractivity contribution is 5.85. The van der Waals surface area contributed by atoms with Gasteiger partial charge in [-0.05, 0) is 116 Å². The van der Waals surface area contributed by atoms with Crippen LogP contribution in [0.4, 0.5) is 4.79 Å². The van der Waals surface area contributed by atoms with Crippen molar-refractivity contribution in [3.05, 3.63) is 0 Å². The zero-order valence-electron chi connectivity index (χ0n) is 70.5. The Bertz CT molecular complexity index is 2550. The van der Waals surface area contributed by atoms with Gasteiger partial charge < -0.3 is 124 Å². The van der Waals surface area contributed by atoms with Crippen LogP contribution in [0.3, 0.4) is 0 Å². The lowest BCUT2D eigenvalue weighted by molar-refractivity contribution is -0.282. The lowest BCUT2D eigenvalue weighted by atomic mass is 9.83. The zero-order valence-corrected chi connectivity index (χ0v) is 70.5. The van der Waals surface area contributed by atoms with E-state index in [0.29, 0.717) is 148 Å². The molecule has 0 aromatic heterocycles. The summed E-state index contributed by atoms with van der Waals surface area (Å²) in [6.07, 6.45) is 4.81. The Labute approximate surface area is 699 Å². The summed E-state index contributed by atoms with van der Waals surface area (Å²) in [5.74, 6) is -3.08. The number of hydrogen-bond acceptors (Lipinski definition) is 29. The van der Waals surface area contributed by atoms with Crippen molar-refractivity contribution in [3.8, 4) is 0 Å². The fourth-order valence-corrected chi connectivity index (χ4v) is 15.0. The molecule has 0 aromatic rings. The molecule has 4 saturated heterocycles. The fraction of sp³-hybridized carbons (Fsp3) is 0.893. The Morgan fingerprint density at radius 1 is 0.398 bits per heavy atom. The molecular weight excluding hydrogens is 1540 g/mol. The maximum atomic E-state index is 14.1. The first-order chi connectivity index (χ1) is 56.3. The van der Waals surface area contributed by atoms with Crippen LogP contribution in [0.25, 0.3) is 0 Å². The minimum absolute atomic E-state index is 0. The molecule has 0 spiro atoms. The van der Waals surface area contributed by atoms with Gasteiger partial charge >= 0.3 is 18.0 Å². The summed E-state index contributed by atoms with van der Waals surface area (Å²) in [4.78, 5) is 119. The van der Waals surface area contributed by atoms with Gasteiger partial charge in [0.1, 0.15) is 48.2 Å². The number of nitrogens with zero attached hydrogens (tertiary/aromatic N) is 1. The van der Waals surface area contributed by atoms with Crippen LogP contribution in [0.1, 0.15) is 266 Å². The molecule has 118 heavy (non-hydrogen) atoms. The van der Waals surface area contributed by atoms with Crippen LogP contribution >= 0.6 is 0 Å². The molecule has 17 atom stereocenters. The van der Waals surface area contributed by atoms with Gasteiger partial charge in [-0.1, -0.05) is 86.0 Å². The molecule has 5 amide bonds. The number of rotatable bonds is 66. The molecule has 4 aliphatic rings. The Morgan fingerprint density at radius 2 is 0.763 bits per heavy atom. The minimum Gasteiger partial charge on any atom is -0.466 e. The number of Topliss-reactive ketones (excluding diaryl/α,β-unsaturated/α-hetero) is 2. The van der Waals surface area contributed by atoms with Crippen LogP contribution in [0.2, 0.25) is 0 Å². The second-order valence-corrected chi connectivity index (χ2v) is 32.0. The van der Waals surface area contributed by atoms with Crippen LogP contribution < -0.4 is 21.3 Å². The molecule has 4 fully saturated rings. The van der Waals surface area contributed by atoms with E-state index in [2.05, 4.69) is 21.3 Å². The molecule has 0 radical (unpaired) electrons. The number of unbranched alkanes of at least 4 members (excludes halogenated alkanes) is 13. The van der Waals surface area contributed by atoms with Gasteiger partial charge in [0.25, 0.3) is 0 Å². The van der Waals surface area contributed by atoms with E-state index < -0.39 is 129 Å². The number of ether oxygens (including phenoxy) is 11. The average molecular weight is 1700 g/mol. The molecule has 686 valence electrons. The van der Waals surface area contributed by atoms with Crippen LogP contribution in [0.15, 0.2) is 0 Å². The number of methoxy groups -OCH3 is 2. The monoisotopic (exact) mass is 1690 g/mol. The van der Waals surface area contributed by atoms with Crippen molar-refractivity contribution in [1.29, 1.82) is 0 Å². The Morgan fingerprint density at radius 3 is 1.19 bits per heavy atom. The standard InChI is InChI=1S/C83H147N5O29.CH4/c1-57-73(100)76(103)64(53-89)115-79(57)111-45-23-31-61(92)29-15-9-6-14-22-44-86-82(106)114-50-28-41-83(87-69(96)38-37-62(93)30-18-19-34-70(97)88-52-63(108-5)51-60(88)56-107-4,39-26-48-109-71(98)35-16-10-7-12-20-42-84-67(94)32-24-46-112-80-58(2)74(101)77(104)65(54-90)116-80)40-27-49-110-72(99)36-17-11-8-13-21-43-85-68(95)33-25-47-113-81-59(3)75(102)78(105)66(55-91)117-81;/h57-60,63-66,73-81,89-91,100-105H,6-56H2,1-5H3,(H,84,94)(H,85,95)(H,86,106)(H,87,96);1H4/t57?,58?,59?,60-,63+,64?,65?,66?,73?,74?,75?,76?,77?,78?,79?,80?,81?,83?;/m1./s1. The van der Waals surface area contributed by atoms with E-state index in [4.69, 9.17) is 52.1 Å². The molecule has 4 heterocycles. The highest BCUT2D eigenvalue weighted by atomic mass is 16.7. The smallest absolute Gasteiger partial charge is 0.407 e. The van der Waals surface area contributed by atoms with Gasteiger partial charge in [0.15, 0.2) is 18.9 Å². The van der Waals surface area contributed by atoms with Crippen molar-refractivity contribution >= 4 is 53.2 Å². The summed E-state index contributed by atoms with van der Waals surface area (Å²) in [5, 5.41) is 101. The van der Waals surface area contributed by atoms with Gasteiger partial charge in [-0.15, -0.1) is 0 Å². The average Bonchev–Trinajstić information content (AvgIpc) is 1.13. The summed E-state index contributed by atoms with van der Waals surface area (Å²) < 4.78 is 61.9. The molecule has 4 rings (SSSR count). The summed E-state index contributed by atoms with van der Waals surface area (Å²) >= 11 is 0. The third kappa shape index (κ3) is 42.7. The fourth-order valence-electron chi connectivity index (χ4n) is 15.0. The van der Waals surface area contributed by atoms with E-state index in [1.165, 1.54) is 0 Å². The quantitative estimate of drug-likeness (QED) is 0.0210. The molecule has 15 unspecified atom stereocenters. The lowest BCUT2D eigenvalue weighted by Crippen LogP contribution is -2.55. The number of alkyl carbamates (subject to hydrolysis) is 1. The van der Waals surface area contributed by atoms with Crippen molar-refractivity contribution < 1.29 is 141 Å². The Hall–Kier alpha value is -5.25. The van der Waals surface area contributed by atoms with E-state index in [-0.39, 0.29) is 152 Å². The normalized spacial score (nSPS) is 25.5. The highest BCUT2D eigenvalue weighted by Gasteiger charge is 2.45. The predicted molar refractivity (Wildman–Crippen MR) is 433 cm³/mol. The SMILES string of the molecule is C.COC[C@H]1C[C@H](OC)CN1C(=O)CCCCC(=O)CCC(=O)NC(CCCOC(=O)CCCCCCCNC(=O)CCCOC1OC(CO)C(O)C(O)C1C)(CCCOC(=O)CCCCCCCNC(=O)CCCOC1OC(CO)C(O)C(O)C1C)CCCOC(=O)NCCCCCCCC(=O)CCCOC1OC(CO)C(O)C(O)C1C. The number of aliphatic hydroxyl groups excluding tert-OH is 9. The second kappa shape index (κ2) is 62.8. The van der Waals surface area contributed by atoms with Crippen molar-refractivity contribution in [2.75, 3.05) is 106 Å². The molecule has 34 heteroatoms. The largest absolute Gasteiger partial charge is 0.466 e. The summed E-state index contributed by atoms with van der Waals surface area (Å²) in [6.45, 7) is 6.45. The second-order valence-electron chi connectivity index (χ2n) is 32.0. The van der Waals surface area contributed by atoms with Crippen LogP contribution in [-0.2, 0) is 90.5 Å². The number of ketones is 2. The number of carbonyl (C=O) groups excluding carboxylic acids is 9. The summed E-state index contributed by atoms with van der Waals surface area (Å²) in [7, 11) is 3.21. The Kier molecular flexibility index (Phi) is 56.9. The molecule has 0 bridgehead atoms. The van der Waals surface area contributed by atoms with Crippen molar-refractivity contribution in [2.24, 2.45) is 17.8 Å². The van der Waals surface area contributed by atoms with E-state index in [1.54, 1.807) is 39.9 Å². The van der Waals surface area contributed by atoms with Gasteiger partial charge in [-0.3, -0.25) is 38.4 Å². The lowest BCUT2D eigenvalue weighted by Gasteiger charge is -2.40. The maximum Gasteiger partial charge on any atom is 0.407 e. The third-order valence-corrected chi connectivity index (χ3v) is 22.4. The number of likely N-dealkylation sites (tertiary alicyclic amines) is 1. The van der Waals surface area contributed by atoms with Gasteiger partial charge in [0.05, 0.1) is 96.5 Å². The van der Waals surface area contributed by atoms with Crippen molar-refractivity contribution in [2.45, 2.75) is 357 Å². The Balaban J connectivity index is 0.0000360. The van der Waals surface area contributed by atoms with Crippen LogP contribution in [0.5, 0.6) is 0 Å². The van der Waals surface area contributed by atoms with E-state index in [0.717, 1.165) is 70.6 Å². The van der Waals surface area contributed by atoms with Gasteiger partial charge in [0, 0.05) is 128 Å². The minimum atomic E-state index is -1.23. The third-order valence-electron chi connectivity index (χ3n) is 22.4. The maximum absolute atomic E-state index is 14.1. The first kappa shape index (κ1) is 107. The molecule has 34 nitrogen and oxygen atoms in total. The first-order valence-electron chi connectivity index (χ1n) is 43.4. The number of esters is 2.